The van der Waals surface area contributed by atoms with E-state index >= 15 is 0 Å². The molecule has 0 N–H and O–H groups in total. The summed E-state index contributed by atoms with van der Waals surface area (Å²) < 4.78 is 0. The second-order valence-corrected chi connectivity index (χ2v) is 2.88. The molecule has 0 heterocycles. The zero-order valence-electron chi connectivity index (χ0n) is 6.52. The van der Waals surface area contributed by atoms with Crippen LogP contribution in [0.5, 0.6) is 0 Å². The summed E-state index contributed by atoms with van der Waals surface area (Å²) in [4.78, 5) is 2.22. The highest BCUT2D eigenvalue weighted by Gasteiger charge is 2.05. The third kappa shape index (κ3) is 3.77. The van der Waals surface area contributed by atoms with E-state index in [4.69, 9.17) is 11.6 Å². The Bertz CT molecular complexity index is 63.9. The minimum absolute atomic E-state index is 0.669. The van der Waals surface area contributed by atoms with Crippen LogP contribution in [-0.4, -0.2) is 30.9 Å². The fourth-order valence-electron chi connectivity index (χ4n) is 0.953. The van der Waals surface area contributed by atoms with Gasteiger partial charge in [-0.1, -0.05) is 6.92 Å². The standard InChI is InChI=1S/C7H16ClN/c1-4-7(5-6-8)9(2)3/h7H,4-6H2,1-3H3. The maximum absolute atomic E-state index is 5.59. The Kier molecular flexibility index (Phi) is 5.21. The van der Waals surface area contributed by atoms with Crippen LogP contribution in [0.4, 0.5) is 0 Å². The molecule has 0 aromatic carbocycles. The Morgan fingerprint density at radius 1 is 1.44 bits per heavy atom. The Labute approximate surface area is 63.0 Å². The maximum atomic E-state index is 5.59. The molecule has 1 nitrogen and oxygen atoms in total. The predicted molar refractivity (Wildman–Crippen MR) is 43.1 cm³/mol. The summed E-state index contributed by atoms with van der Waals surface area (Å²) in [6, 6.07) is 0.669. The van der Waals surface area contributed by atoms with Crippen LogP contribution in [0.15, 0.2) is 0 Å². The van der Waals surface area contributed by atoms with Gasteiger partial charge in [0.1, 0.15) is 0 Å². The molecule has 1 atom stereocenters. The van der Waals surface area contributed by atoms with E-state index in [0.717, 1.165) is 12.3 Å². The van der Waals surface area contributed by atoms with Crippen LogP contribution >= 0.6 is 11.6 Å². The van der Waals surface area contributed by atoms with Crippen molar-refractivity contribution in [2.24, 2.45) is 0 Å². The predicted octanol–water partition coefficient (Wildman–Crippen LogP) is 1.96. The molecule has 1 unspecified atom stereocenters. The third-order valence-corrected chi connectivity index (χ3v) is 1.86. The number of hydrogen-bond acceptors (Lipinski definition) is 1. The van der Waals surface area contributed by atoms with Crippen LogP contribution < -0.4 is 0 Å². The first-order valence-corrected chi connectivity index (χ1v) is 3.98. The molecular weight excluding hydrogens is 134 g/mol. The van der Waals surface area contributed by atoms with Gasteiger partial charge in [0.2, 0.25) is 0 Å². The molecule has 0 saturated carbocycles. The maximum Gasteiger partial charge on any atom is 0.0238 e. The van der Waals surface area contributed by atoms with Crippen LogP contribution in [0, 0.1) is 0 Å². The number of nitrogens with zero attached hydrogens (tertiary/aromatic N) is 1. The Balaban J connectivity index is 3.41. The van der Waals surface area contributed by atoms with Crippen molar-refractivity contribution in [2.45, 2.75) is 25.8 Å². The number of rotatable bonds is 4. The molecule has 0 aromatic heterocycles. The van der Waals surface area contributed by atoms with Crippen LogP contribution in [0.2, 0.25) is 0 Å². The molecule has 0 aliphatic carbocycles. The second-order valence-electron chi connectivity index (χ2n) is 2.50. The van der Waals surface area contributed by atoms with Gasteiger partial charge >= 0.3 is 0 Å². The lowest BCUT2D eigenvalue weighted by molar-refractivity contribution is 0.280. The van der Waals surface area contributed by atoms with E-state index in [9.17, 15) is 0 Å². The van der Waals surface area contributed by atoms with Crippen LogP contribution in [0.25, 0.3) is 0 Å². The van der Waals surface area contributed by atoms with E-state index in [0.29, 0.717) is 6.04 Å². The van der Waals surface area contributed by atoms with E-state index in [-0.39, 0.29) is 0 Å². The average Bonchev–Trinajstić information content (AvgIpc) is 1.82. The van der Waals surface area contributed by atoms with Crippen molar-refractivity contribution < 1.29 is 0 Å². The number of halogens is 1. The molecule has 0 radical (unpaired) electrons. The summed E-state index contributed by atoms with van der Waals surface area (Å²) in [6.07, 6.45) is 2.30. The summed E-state index contributed by atoms with van der Waals surface area (Å²) >= 11 is 5.59. The zero-order valence-corrected chi connectivity index (χ0v) is 7.28. The summed E-state index contributed by atoms with van der Waals surface area (Å²) in [6.45, 7) is 2.19. The summed E-state index contributed by atoms with van der Waals surface area (Å²) in [5, 5.41) is 0. The van der Waals surface area contributed by atoms with Gasteiger partial charge < -0.3 is 4.90 Å². The fourth-order valence-corrected chi connectivity index (χ4v) is 1.21. The summed E-state index contributed by atoms with van der Waals surface area (Å²) in [5.41, 5.74) is 0. The van der Waals surface area contributed by atoms with Gasteiger partial charge in [0.05, 0.1) is 0 Å². The van der Waals surface area contributed by atoms with Gasteiger partial charge in [-0.15, -0.1) is 11.6 Å². The smallest absolute Gasteiger partial charge is 0.0238 e. The van der Waals surface area contributed by atoms with Gasteiger partial charge in [0, 0.05) is 11.9 Å². The fraction of sp³-hybridized carbons (Fsp3) is 1.00. The van der Waals surface area contributed by atoms with Gasteiger partial charge in [0.25, 0.3) is 0 Å². The largest absolute Gasteiger partial charge is 0.306 e. The van der Waals surface area contributed by atoms with Gasteiger partial charge in [0.15, 0.2) is 0 Å². The van der Waals surface area contributed by atoms with Crippen molar-refractivity contribution >= 4 is 11.6 Å². The first-order valence-electron chi connectivity index (χ1n) is 3.44. The van der Waals surface area contributed by atoms with Crippen molar-refractivity contribution in [1.29, 1.82) is 0 Å². The molecule has 56 valence electrons. The molecule has 0 spiro atoms. The minimum Gasteiger partial charge on any atom is -0.306 e. The Morgan fingerprint density at radius 3 is 2.11 bits per heavy atom. The van der Waals surface area contributed by atoms with Gasteiger partial charge in [-0.05, 0) is 26.9 Å². The number of hydrogen-bond donors (Lipinski definition) is 0. The lowest BCUT2D eigenvalue weighted by atomic mass is 10.1. The molecule has 2 heteroatoms. The van der Waals surface area contributed by atoms with Crippen molar-refractivity contribution in [3.8, 4) is 0 Å². The van der Waals surface area contributed by atoms with Gasteiger partial charge in [-0.25, -0.2) is 0 Å². The van der Waals surface area contributed by atoms with E-state index in [1.165, 1.54) is 6.42 Å². The molecule has 0 aromatic rings. The summed E-state index contributed by atoms with van der Waals surface area (Å²) in [7, 11) is 4.20. The quantitative estimate of drug-likeness (QED) is 0.553. The second kappa shape index (κ2) is 5.07. The van der Waals surface area contributed by atoms with Crippen LogP contribution in [0.3, 0.4) is 0 Å². The highest BCUT2D eigenvalue weighted by atomic mass is 35.5. The number of alkyl halides is 1. The Hall–Kier alpha value is 0.250. The molecule has 0 fully saturated rings. The molecule has 0 rings (SSSR count). The first-order chi connectivity index (χ1) is 4.22. The van der Waals surface area contributed by atoms with Crippen molar-refractivity contribution in [3.05, 3.63) is 0 Å². The SMILES string of the molecule is CCC(CCCl)N(C)C. The third-order valence-electron chi connectivity index (χ3n) is 1.64. The normalized spacial score (nSPS) is 14.3. The van der Waals surface area contributed by atoms with Crippen molar-refractivity contribution in [1.82, 2.24) is 4.90 Å². The van der Waals surface area contributed by atoms with Crippen molar-refractivity contribution in [2.75, 3.05) is 20.0 Å². The van der Waals surface area contributed by atoms with E-state index in [1.54, 1.807) is 0 Å². The van der Waals surface area contributed by atoms with E-state index < -0.39 is 0 Å². The lowest BCUT2D eigenvalue weighted by Crippen LogP contribution is -2.27. The topological polar surface area (TPSA) is 3.24 Å². The first kappa shape index (κ1) is 9.25. The molecule has 0 saturated heterocycles. The molecule has 0 bridgehead atoms. The highest BCUT2D eigenvalue weighted by molar-refractivity contribution is 6.17. The van der Waals surface area contributed by atoms with Gasteiger partial charge in [-0.2, -0.15) is 0 Å². The molecule has 9 heavy (non-hydrogen) atoms. The van der Waals surface area contributed by atoms with E-state index in [1.807, 2.05) is 0 Å². The molecule has 0 aliphatic rings. The Morgan fingerprint density at radius 2 is 2.00 bits per heavy atom. The summed E-state index contributed by atoms with van der Waals surface area (Å²) in [5.74, 6) is 0.774. The molecular formula is C7H16ClN. The van der Waals surface area contributed by atoms with Crippen LogP contribution in [0.1, 0.15) is 19.8 Å². The van der Waals surface area contributed by atoms with E-state index in [2.05, 4.69) is 25.9 Å². The monoisotopic (exact) mass is 149 g/mol. The lowest BCUT2D eigenvalue weighted by Gasteiger charge is -2.21. The average molecular weight is 150 g/mol. The van der Waals surface area contributed by atoms with Crippen molar-refractivity contribution in [3.63, 3.8) is 0 Å². The minimum atomic E-state index is 0.669. The zero-order chi connectivity index (χ0) is 7.28. The highest BCUT2D eigenvalue weighted by Crippen LogP contribution is 2.04. The van der Waals surface area contributed by atoms with Gasteiger partial charge in [-0.3, -0.25) is 0 Å². The molecule has 0 amide bonds. The van der Waals surface area contributed by atoms with Crippen LogP contribution in [-0.2, 0) is 0 Å². The molecule has 0 aliphatic heterocycles.